The highest BCUT2D eigenvalue weighted by Gasteiger charge is 2.20. The molecule has 6 heteroatoms. The van der Waals surface area contributed by atoms with Crippen LogP contribution in [0.15, 0.2) is 28.9 Å². The van der Waals surface area contributed by atoms with Crippen molar-refractivity contribution >= 4 is 39.1 Å². The first-order chi connectivity index (χ1) is 9.04. The summed E-state index contributed by atoms with van der Waals surface area (Å²) in [7, 11) is 0. The van der Waals surface area contributed by atoms with Gasteiger partial charge in [0, 0.05) is 16.0 Å². The van der Waals surface area contributed by atoms with Crippen LogP contribution in [0.1, 0.15) is 30.6 Å². The number of aromatic nitrogens is 2. The molecule has 0 saturated carbocycles. The van der Waals surface area contributed by atoms with Crippen molar-refractivity contribution in [3.8, 4) is 0 Å². The van der Waals surface area contributed by atoms with E-state index in [1.165, 1.54) is 0 Å². The van der Waals surface area contributed by atoms with E-state index < -0.39 is 6.04 Å². The zero-order valence-electron chi connectivity index (χ0n) is 10.4. The summed E-state index contributed by atoms with van der Waals surface area (Å²) < 4.78 is 2.77. The molecule has 0 radical (unpaired) electrons. The summed E-state index contributed by atoms with van der Waals surface area (Å²) in [6.07, 6.45) is 2.59. The van der Waals surface area contributed by atoms with Gasteiger partial charge in [0.15, 0.2) is 0 Å². The van der Waals surface area contributed by atoms with Gasteiger partial charge in [-0.3, -0.25) is 4.68 Å². The normalized spacial score (nSPS) is 12.7. The topological polar surface area (TPSA) is 43.8 Å². The molecule has 0 saturated heterocycles. The molecule has 0 amide bonds. The molecule has 0 aliphatic heterocycles. The van der Waals surface area contributed by atoms with Crippen LogP contribution in [-0.4, -0.2) is 9.78 Å². The smallest absolute Gasteiger partial charge is 0.0837 e. The standard InChI is InChI=1S/C13H14BrCl2N3/c1-2-5-19-13(11(16)7-18-19)12(17)9-6-8(14)3-4-10(9)15/h3-4,6-7,12H,2,5,17H2,1H3. The zero-order valence-corrected chi connectivity index (χ0v) is 13.5. The van der Waals surface area contributed by atoms with Crippen LogP contribution >= 0.6 is 39.1 Å². The molecule has 102 valence electrons. The number of nitrogens with two attached hydrogens (primary N) is 1. The third-order valence-electron chi connectivity index (χ3n) is 2.86. The summed E-state index contributed by atoms with van der Waals surface area (Å²) in [5, 5.41) is 5.44. The molecule has 19 heavy (non-hydrogen) atoms. The molecule has 0 aliphatic carbocycles. The van der Waals surface area contributed by atoms with Crippen molar-refractivity contribution < 1.29 is 0 Å². The summed E-state index contributed by atoms with van der Waals surface area (Å²) in [5.41, 5.74) is 7.94. The fourth-order valence-corrected chi connectivity index (χ4v) is 2.84. The second kappa shape index (κ2) is 6.27. The van der Waals surface area contributed by atoms with Gasteiger partial charge in [0.1, 0.15) is 0 Å². The minimum atomic E-state index is -0.397. The molecule has 1 aromatic carbocycles. The lowest BCUT2D eigenvalue weighted by atomic mass is 10.0. The fourth-order valence-electron chi connectivity index (χ4n) is 1.97. The fraction of sp³-hybridized carbons (Fsp3) is 0.308. The van der Waals surface area contributed by atoms with E-state index in [2.05, 4.69) is 28.0 Å². The Bertz CT molecular complexity index is 583. The lowest BCUT2D eigenvalue weighted by molar-refractivity contribution is 0.560. The number of hydrogen-bond donors (Lipinski definition) is 1. The Labute approximate surface area is 130 Å². The SMILES string of the molecule is CCCn1ncc(Cl)c1C(N)c1cc(Br)ccc1Cl. The number of aryl methyl sites for hydroxylation is 1. The van der Waals surface area contributed by atoms with E-state index in [1.807, 2.05) is 22.9 Å². The molecule has 2 rings (SSSR count). The number of rotatable bonds is 4. The van der Waals surface area contributed by atoms with E-state index in [0.717, 1.165) is 28.7 Å². The monoisotopic (exact) mass is 361 g/mol. The molecular formula is C13H14BrCl2N3. The minimum Gasteiger partial charge on any atom is -0.319 e. The second-order valence-corrected chi connectivity index (χ2v) is 5.97. The highest BCUT2D eigenvalue weighted by atomic mass is 79.9. The van der Waals surface area contributed by atoms with E-state index in [-0.39, 0.29) is 0 Å². The average Bonchev–Trinajstić information content (AvgIpc) is 2.73. The van der Waals surface area contributed by atoms with Crippen molar-refractivity contribution in [1.82, 2.24) is 9.78 Å². The van der Waals surface area contributed by atoms with Crippen molar-refractivity contribution in [2.45, 2.75) is 25.9 Å². The van der Waals surface area contributed by atoms with E-state index >= 15 is 0 Å². The van der Waals surface area contributed by atoms with E-state index in [4.69, 9.17) is 28.9 Å². The van der Waals surface area contributed by atoms with Crippen LogP contribution in [0, 0.1) is 0 Å². The average molecular weight is 363 g/mol. The van der Waals surface area contributed by atoms with Crippen LogP contribution < -0.4 is 5.73 Å². The summed E-state index contributed by atoms with van der Waals surface area (Å²) in [4.78, 5) is 0. The van der Waals surface area contributed by atoms with Crippen LogP contribution in [0.2, 0.25) is 10.0 Å². The number of halogens is 3. The number of benzene rings is 1. The van der Waals surface area contributed by atoms with Gasteiger partial charge in [-0.25, -0.2) is 0 Å². The first-order valence-electron chi connectivity index (χ1n) is 5.96. The van der Waals surface area contributed by atoms with Crippen molar-refractivity contribution in [3.63, 3.8) is 0 Å². The second-order valence-electron chi connectivity index (χ2n) is 4.24. The molecular weight excluding hydrogens is 349 g/mol. The molecule has 3 nitrogen and oxygen atoms in total. The molecule has 0 aliphatic rings. The van der Waals surface area contributed by atoms with Crippen molar-refractivity contribution in [2.24, 2.45) is 5.73 Å². The summed E-state index contributed by atoms with van der Waals surface area (Å²) in [6, 6.07) is 5.21. The van der Waals surface area contributed by atoms with Gasteiger partial charge < -0.3 is 5.73 Å². The van der Waals surface area contributed by atoms with Gasteiger partial charge in [0.25, 0.3) is 0 Å². The van der Waals surface area contributed by atoms with Crippen LogP contribution in [0.25, 0.3) is 0 Å². The predicted molar refractivity (Wildman–Crippen MR) is 82.7 cm³/mol. The van der Waals surface area contributed by atoms with Crippen LogP contribution in [0.4, 0.5) is 0 Å². The number of nitrogens with zero attached hydrogens (tertiary/aromatic N) is 2. The third-order valence-corrected chi connectivity index (χ3v) is 3.99. The lowest BCUT2D eigenvalue weighted by Crippen LogP contribution is -2.18. The highest BCUT2D eigenvalue weighted by molar-refractivity contribution is 9.10. The Morgan fingerprint density at radius 1 is 1.37 bits per heavy atom. The van der Waals surface area contributed by atoms with Gasteiger partial charge >= 0.3 is 0 Å². The van der Waals surface area contributed by atoms with Crippen molar-refractivity contribution in [1.29, 1.82) is 0 Å². The molecule has 1 unspecified atom stereocenters. The van der Waals surface area contributed by atoms with Gasteiger partial charge in [-0.1, -0.05) is 46.1 Å². The Hall–Kier alpha value is -0.550. The first-order valence-corrected chi connectivity index (χ1v) is 7.51. The third kappa shape index (κ3) is 3.14. The Morgan fingerprint density at radius 2 is 2.11 bits per heavy atom. The quantitative estimate of drug-likeness (QED) is 0.875. The summed E-state index contributed by atoms with van der Waals surface area (Å²) in [5.74, 6) is 0. The van der Waals surface area contributed by atoms with Gasteiger partial charge in [-0.15, -0.1) is 0 Å². The van der Waals surface area contributed by atoms with Crippen LogP contribution in [0.5, 0.6) is 0 Å². The van der Waals surface area contributed by atoms with Crippen molar-refractivity contribution in [2.75, 3.05) is 0 Å². The predicted octanol–water partition coefficient (Wildman–Crippen LogP) is 4.41. The Balaban J connectivity index is 2.46. The summed E-state index contributed by atoms with van der Waals surface area (Å²) >= 11 is 15.8. The van der Waals surface area contributed by atoms with Crippen LogP contribution in [0.3, 0.4) is 0 Å². The summed E-state index contributed by atoms with van der Waals surface area (Å²) in [6.45, 7) is 2.86. The van der Waals surface area contributed by atoms with Gasteiger partial charge in [-0.2, -0.15) is 5.10 Å². The maximum absolute atomic E-state index is 6.31. The van der Waals surface area contributed by atoms with E-state index in [0.29, 0.717) is 10.0 Å². The zero-order chi connectivity index (χ0) is 14.0. The maximum Gasteiger partial charge on any atom is 0.0837 e. The molecule has 2 N–H and O–H groups in total. The molecule has 2 aromatic rings. The molecule has 0 spiro atoms. The highest BCUT2D eigenvalue weighted by Crippen LogP contribution is 2.32. The molecule has 1 atom stereocenters. The van der Waals surface area contributed by atoms with Gasteiger partial charge in [0.05, 0.1) is 23.0 Å². The Morgan fingerprint density at radius 3 is 2.79 bits per heavy atom. The van der Waals surface area contributed by atoms with Crippen LogP contribution in [-0.2, 0) is 6.54 Å². The first kappa shape index (κ1) is 14.9. The van der Waals surface area contributed by atoms with Gasteiger partial charge in [-0.05, 0) is 30.2 Å². The lowest BCUT2D eigenvalue weighted by Gasteiger charge is -2.16. The molecule has 1 aromatic heterocycles. The molecule has 1 heterocycles. The van der Waals surface area contributed by atoms with E-state index in [1.54, 1.807) is 6.20 Å². The molecule has 0 bridgehead atoms. The largest absolute Gasteiger partial charge is 0.319 e. The van der Waals surface area contributed by atoms with Crippen molar-refractivity contribution in [3.05, 3.63) is 50.2 Å². The molecule has 0 fully saturated rings. The van der Waals surface area contributed by atoms with E-state index in [9.17, 15) is 0 Å². The maximum atomic E-state index is 6.31. The Kier molecular flexibility index (Phi) is 4.90. The van der Waals surface area contributed by atoms with Gasteiger partial charge in [0.2, 0.25) is 0 Å². The minimum absolute atomic E-state index is 0.397. The number of hydrogen-bond acceptors (Lipinski definition) is 2.